The van der Waals surface area contributed by atoms with Gasteiger partial charge in [-0.3, -0.25) is 0 Å². The summed E-state index contributed by atoms with van der Waals surface area (Å²) in [6.45, 7) is 9.44. The number of allylic oxidation sites excluding steroid dienone is 3. The highest BCUT2D eigenvalue weighted by molar-refractivity contribution is 5.86. The van der Waals surface area contributed by atoms with E-state index in [2.05, 4.69) is 33.8 Å². The van der Waals surface area contributed by atoms with Crippen molar-refractivity contribution < 1.29 is 18.6 Å². The van der Waals surface area contributed by atoms with Gasteiger partial charge in [-0.1, -0.05) is 69.1 Å². The summed E-state index contributed by atoms with van der Waals surface area (Å²) in [5.74, 6) is 1.18. The maximum atomic E-state index is 12.6. The number of hydrogen-bond donors (Lipinski definition) is 0. The Morgan fingerprint density at radius 3 is 2.31 bits per heavy atom. The van der Waals surface area contributed by atoms with Gasteiger partial charge in [-0.25, -0.2) is 4.79 Å². The monoisotopic (exact) mass is 484 g/mol. The topological polar surface area (TPSA) is 57.9 Å². The highest BCUT2D eigenvalue weighted by atomic mass is 16.5. The molecule has 0 radical (unpaired) electrons. The minimum Gasteiger partial charge on any atom is -0.493 e. The van der Waals surface area contributed by atoms with Gasteiger partial charge in [0, 0.05) is 6.07 Å². The molecule has 0 saturated heterocycles. The Balaban J connectivity index is 1.93. The summed E-state index contributed by atoms with van der Waals surface area (Å²) in [6, 6.07) is 5.49. The van der Waals surface area contributed by atoms with Crippen LogP contribution >= 0.6 is 0 Å². The fourth-order valence-corrected chi connectivity index (χ4v) is 3.94. The summed E-state index contributed by atoms with van der Waals surface area (Å²) < 4.78 is 22.8. The molecule has 194 valence electrons. The first-order chi connectivity index (χ1) is 17.0. The van der Waals surface area contributed by atoms with Crippen LogP contribution in [0.5, 0.6) is 17.2 Å². The SMILES string of the molecule is CCCCCCCCCCOc1ccc2c(OC)c(OC/C=C(\C)CCC=C(C)C)c(=O)oc2c1. The number of hydrogen-bond acceptors (Lipinski definition) is 5. The van der Waals surface area contributed by atoms with Gasteiger partial charge in [0.05, 0.1) is 19.1 Å². The fraction of sp³-hybridized carbons (Fsp3) is 0.567. The lowest BCUT2D eigenvalue weighted by Gasteiger charge is -2.12. The maximum absolute atomic E-state index is 12.6. The van der Waals surface area contributed by atoms with E-state index in [1.54, 1.807) is 6.07 Å². The molecule has 1 aromatic heterocycles. The van der Waals surface area contributed by atoms with Crippen LogP contribution in [0.2, 0.25) is 0 Å². The van der Waals surface area contributed by atoms with E-state index in [-0.39, 0.29) is 12.4 Å². The highest BCUT2D eigenvalue weighted by Crippen LogP contribution is 2.34. The van der Waals surface area contributed by atoms with Gasteiger partial charge in [-0.05, 0) is 58.2 Å². The normalized spacial score (nSPS) is 11.5. The van der Waals surface area contributed by atoms with Crippen molar-refractivity contribution in [1.29, 1.82) is 0 Å². The summed E-state index contributed by atoms with van der Waals surface area (Å²) in [6.07, 6.45) is 16.2. The van der Waals surface area contributed by atoms with E-state index in [1.165, 1.54) is 63.2 Å². The summed E-state index contributed by atoms with van der Waals surface area (Å²) in [4.78, 5) is 12.6. The molecule has 0 aliphatic rings. The largest absolute Gasteiger partial charge is 0.493 e. The van der Waals surface area contributed by atoms with E-state index in [9.17, 15) is 4.79 Å². The standard InChI is InChI=1S/C30H44O5/c1-6-7-8-9-10-11-12-13-20-33-25-17-18-26-27(22-25)35-30(31)29(28(26)32-5)34-21-19-24(4)16-14-15-23(2)3/h15,17-19,22H,6-14,16,20-21H2,1-5H3/b24-19+. The molecule has 5 nitrogen and oxygen atoms in total. The summed E-state index contributed by atoms with van der Waals surface area (Å²) >= 11 is 0. The van der Waals surface area contributed by atoms with E-state index in [1.807, 2.05) is 18.2 Å². The van der Waals surface area contributed by atoms with E-state index < -0.39 is 5.63 Å². The molecule has 0 aliphatic carbocycles. The molecule has 0 bridgehead atoms. The number of rotatable bonds is 17. The third kappa shape index (κ3) is 10.2. The second-order valence-electron chi connectivity index (χ2n) is 9.41. The van der Waals surface area contributed by atoms with Crippen molar-refractivity contribution in [2.75, 3.05) is 20.3 Å². The lowest BCUT2D eigenvalue weighted by Crippen LogP contribution is -2.09. The molecule has 0 unspecified atom stereocenters. The average molecular weight is 485 g/mol. The third-order valence-electron chi connectivity index (χ3n) is 6.01. The lowest BCUT2D eigenvalue weighted by molar-refractivity contribution is 0.302. The molecule has 2 aromatic rings. The van der Waals surface area contributed by atoms with Crippen LogP contribution in [0.1, 0.15) is 91.9 Å². The zero-order valence-electron chi connectivity index (χ0n) is 22.4. The van der Waals surface area contributed by atoms with Gasteiger partial charge in [0.1, 0.15) is 17.9 Å². The van der Waals surface area contributed by atoms with Crippen LogP contribution in [0.3, 0.4) is 0 Å². The number of unbranched alkanes of at least 4 members (excludes halogenated alkanes) is 7. The molecule has 2 rings (SSSR count). The maximum Gasteiger partial charge on any atom is 0.383 e. The van der Waals surface area contributed by atoms with Gasteiger partial charge < -0.3 is 18.6 Å². The predicted octanol–water partition coefficient (Wildman–Crippen LogP) is 8.39. The van der Waals surface area contributed by atoms with Crippen molar-refractivity contribution in [2.45, 2.75) is 91.9 Å². The van der Waals surface area contributed by atoms with Gasteiger partial charge in [-0.2, -0.15) is 0 Å². The highest BCUT2D eigenvalue weighted by Gasteiger charge is 2.17. The van der Waals surface area contributed by atoms with Gasteiger partial charge in [0.2, 0.25) is 5.75 Å². The van der Waals surface area contributed by atoms with Crippen LogP contribution in [0.15, 0.2) is 50.7 Å². The van der Waals surface area contributed by atoms with E-state index in [0.717, 1.165) is 19.3 Å². The van der Waals surface area contributed by atoms with Crippen molar-refractivity contribution in [1.82, 2.24) is 0 Å². The Kier molecular flexibility index (Phi) is 13.1. The lowest BCUT2D eigenvalue weighted by atomic mass is 10.1. The van der Waals surface area contributed by atoms with Gasteiger partial charge in [-0.15, -0.1) is 0 Å². The van der Waals surface area contributed by atoms with Crippen molar-refractivity contribution in [2.24, 2.45) is 0 Å². The quantitative estimate of drug-likeness (QED) is 0.128. The second kappa shape index (κ2) is 16.1. The van der Waals surface area contributed by atoms with Crippen molar-refractivity contribution in [3.8, 4) is 17.2 Å². The first-order valence-corrected chi connectivity index (χ1v) is 13.2. The molecule has 0 spiro atoms. The Morgan fingerprint density at radius 1 is 0.914 bits per heavy atom. The van der Waals surface area contributed by atoms with Crippen LogP contribution in [0.25, 0.3) is 11.0 Å². The van der Waals surface area contributed by atoms with Crippen molar-refractivity contribution in [3.63, 3.8) is 0 Å². The van der Waals surface area contributed by atoms with Crippen LogP contribution in [0.4, 0.5) is 0 Å². The molecule has 5 heteroatoms. The molecule has 1 heterocycles. The van der Waals surface area contributed by atoms with E-state index >= 15 is 0 Å². The molecule has 0 fully saturated rings. The summed E-state index contributed by atoms with van der Waals surface area (Å²) in [7, 11) is 1.54. The Bertz CT molecular complexity index is 1010. The zero-order chi connectivity index (χ0) is 25.5. The van der Waals surface area contributed by atoms with Gasteiger partial charge in [0.15, 0.2) is 5.75 Å². The second-order valence-corrected chi connectivity index (χ2v) is 9.41. The van der Waals surface area contributed by atoms with E-state index in [4.69, 9.17) is 18.6 Å². The molecule has 0 amide bonds. The fourth-order valence-electron chi connectivity index (χ4n) is 3.94. The van der Waals surface area contributed by atoms with Gasteiger partial charge in [0.25, 0.3) is 0 Å². The van der Waals surface area contributed by atoms with Gasteiger partial charge >= 0.3 is 5.63 Å². The first-order valence-electron chi connectivity index (χ1n) is 13.2. The molecule has 0 N–H and O–H groups in total. The van der Waals surface area contributed by atoms with Crippen molar-refractivity contribution in [3.05, 3.63) is 51.9 Å². The minimum absolute atomic E-state index is 0.0981. The number of fused-ring (bicyclic) bond motifs is 1. The average Bonchev–Trinajstić information content (AvgIpc) is 2.83. The third-order valence-corrected chi connectivity index (χ3v) is 6.01. The van der Waals surface area contributed by atoms with Crippen LogP contribution in [0, 0.1) is 0 Å². The van der Waals surface area contributed by atoms with Crippen molar-refractivity contribution >= 4 is 11.0 Å². The molecular weight excluding hydrogens is 440 g/mol. The Labute approximate surface area is 211 Å². The summed E-state index contributed by atoms with van der Waals surface area (Å²) in [5.41, 5.74) is 2.41. The molecule has 0 aliphatic heterocycles. The molecule has 1 aromatic carbocycles. The number of benzene rings is 1. The van der Waals surface area contributed by atoms with Crippen LogP contribution < -0.4 is 19.8 Å². The zero-order valence-corrected chi connectivity index (χ0v) is 22.4. The smallest absolute Gasteiger partial charge is 0.383 e. The number of methoxy groups -OCH3 is 1. The minimum atomic E-state index is -0.551. The summed E-state index contributed by atoms with van der Waals surface area (Å²) in [5, 5.41) is 0.686. The first kappa shape index (κ1) is 28.5. The molecule has 0 saturated carbocycles. The Hall–Kier alpha value is -2.69. The van der Waals surface area contributed by atoms with E-state index in [0.29, 0.717) is 29.1 Å². The predicted molar refractivity (Wildman–Crippen MR) is 145 cm³/mol. The van der Waals surface area contributed by atoms with Crippen LogP contribution in [-0.4, -0.2) is 20.3 Å². The Morgan fingerprint density at radius 2 is 1.63 bits per heavy atom. The molecule has 35 heavy (non-hydrogen) atoms. The number of ether oxygens (including phenoxy) is 3. The molecular formula is C30H44O5. The van der Waals surface area contributed by atoms with Crippen LogP contribution in [-0.2, 0) is 0 Å². The molecule has 0 atom stereocenters.